The number of rotatable bonds is 13. The van der Waals surface area contributed by atoms with E-state index in [1.807, 2.05) is 85.8 Å². The predicted molar refractivity (Wildman–Crippen MR) is 154 cm³/mol. The number of carbonyl (C=O) groups excluding carboxylic acids is 2. The van der Waals surface area contributed by atoms with Gasteiger partial charge in [-0.3, -0.25) is 9.59 Å². The van der Waals surface area contributed by atoms with Gasteiger partial charge in [0, 0.05) is 25.4 Å². The van der Waals surface area contributed by atoms with Gasteiger partial charge in [-0.2, -0.15) is 0 Å². The molecule has 39 heavy (non-hydrogen) atoms. The van der Waals surface area contributed by atoms with Crippen LogP contribution in [-0.2, 0) is 22.6 Å². The summed E-state index contributed by atoms with van der Waals surface area (Å²) in [7, 11) is 1.63. The molecular weight excluding hydrogens is 488 g/mol. The van der Waals surface area contributed by atoms with Gasteiger partial charge in [0.15, 0.2) is 0 Å². The molecule has 6 nitrogen and oxygen atoms in total. The van der Waals surface area contributed by atoms with E-state index < -0.39 is 6.04 Å². The van der Waals surface area contributed by atoms with Crippen molar-refractivity contribution < 1.29 is 19.1 Å². The molecule has 206 valence electrons. The van der Waals surface area contributed by atoms with Gasteiger partial charge in [0.05, 0.1) is 13.7 Å². The fourth-order valence-corrected chi connectivity index (χ4v) is 5.04. The molecule has 4 rings (SSSR count). The Morgan fingerprint density at radius 1 is 0.897 bits per heavy atom. The molecule has 1 fully saturated rings. The van der Waals surface area contributed by atoms with Crippen molar-refractivity contribution in [3.8, 4) is 11.5 Å². The Morgan fingerprint density at radius 3 is 2.23 bits per heavy atom. The van der Waals surface area contributed by atoms with Crippen LogP contribution in [0.4, 0.5) is 0 Å². The molecule has 6 heteroatoms. The summed E-state index contributed by atoms with van der Waals surface area (Å²) in [5, 5.41) is 3.26. The van der Waals surface area contributed by atoms with Crippen molar-refractivity contribution in [2.75, 3.05) is 13.7 Å². The van der Waals surface area contributed by atoms with Gasteiger partial charge < -0.3 is 19.7 Å². The SMILES string of the molecule is COc1ccc(OCCCC(=O)N(Cc2ccc(C)cc2)[C@@H](Cc2ccccc2)C(=O)NC2CCCC2)cc1. The lowest BCUT2D eigenvalue weighted by Gasteiger charge is -2.32. The first-order valence-electron chi connectivity index (χ1n) is 14.0. The monoisotopic (exact) mass is 528 g/mol. The molecule has 0 radical (unpaired) electrons. The van der Waals surface area contributed by atoms with E-state index in [9.17, 15) is 9.59 Å². The minimum absolute atomic E-state index is 0.0450. The molecule has 0 heterocycles. The van der Waals surface area contributed by atoms with E-state index in [1.165, 1.54) is 0 Å². The Balaban J connectivity index is 1.49. The van der Waals surface area contributed by atoms with Crippen LogP contribution in [0.2, 0.25) is 0 Å². The first kappa shape index (κ1) is 28.2. The molecule has 2 amide bonds. The number of carbonyl (C=O) groups is 2. The van der Waals surface area contributed by atoms with Crippen LogP contribution >= 0.6 is 0 Å². The number of nitrogens with one attached hydrogen (secondary N) is 1. The van der Waals surface area contributed by atoms with Crippen LogP contribution < -0.4 is 14.8 Å². The van der Waals surface area contributed by atoms with Crippen molar-refractivity contribution in [3.05, 3.63) is 95.6 Å². The molecule has 1 aliphatic rings. The second-order valence-electron chi connectivity index (χ2n) is 10.3. The molecule has 1 N–H and O–H groups in total. The number of methoxy groups -OCH3 is 1. The summed E-state index contributed by atoms with van der Waals surface area (Å²) in [5.74, 6) is 1.39. The average Bonchev–Trinajstić information content (AvgIpc) is 3.48. The lowest BCUT2D eigenvalue weighted by Crippen LogP contribution is -2.52. The van der Waals surface area contributed by atoms with Crippen LogP contribution in [0.5, 0.6) is 11.5 Å². The Morgan fingerprint density at radius 2 is 1.56 bits per heavy atom. The molecule has 3 aromatic rings. The van der Waals surface area contributed by atoms with E-state index >= 15 is 0 Å². The highest BCUT2D eigenvalue weighted by atomic mass is 16.5. The number of nitrogens with zero attached hydrogens (tertiary/aromatic N) is 1. The molecule has 0 bridgehead atoms. The number of aryl methyl sites for hydroxylation is 1. The van der Waals surface area contributed by atoms with Gasteiger partial charge in [0.1, 0.15) is 17.5 Å². The highest BCUT2D eigenvalue weighted by molar-refractivity contribution is 5.88. The highest BCUT2D eigenvalue weighted by Gasteiger charge is 2.32. The van der Waals surface area contributed by atoms with Crippen LogP contribution in [0.3, 0.4) is 0 Å². The van der Waals surface area contributed by atoms with Crippen molar-refractivity contribution in [1.82, 2.24) is 10.2 Å². The van der Waals surface area contributed by atoms with Crippen LogP contribution in [-0.4, -0.2) is 42.5 Å². The maximum atomic E-state index is 13.8. The second kappa shape index (κ2) is 14.4. The fourth-order valence-electron chi connectivity index (χ4n) is 5.04. The van der Waals surface area contributed by atoms with E-state index in [0.717, 1.165) is 53.9 Å². The third-order valence-corrected chi connectivity index (χ3v) is 7.31. The summed E-state index contributed by atoms with van der Waals surface area (Å²) < 4.78 is 11.0. The largest absolute Gasteiger partial charge is 0.497 e. The highest BCUT2D eigenvalue weighted by Crippen LogP contribution is 2.21. The Labute approximate surface area is 232 Å². The van der Waals surface area contributed by atoms with Crippen LogP contribution in [0.25, 0.3) is 0 Å². The summed E-state index contributed by atoms with van der Waals surface area (Å²) in [4.78, 5) is 29.3. The average molecular weight is 529 g/mol. The number of hydrogen-bond acceptors (Lipinski definition) is 4. The van der Waals surface area contributed by atoms with Crippen molar-refractivity contribution in [2.24, 2.45) is 0 Å². The summed E-state index contributed by atoms with van der Waals surface area (Å²) in [6.07, 6.45) is 5.58. The van der Waals surface area contributed by atoms with Crippen molar-refractivity contribution in [1.29, 1.82) is 0 Å². The normalized spacial score (nSPS) is 14.0. The molecule has 0 aliphatic heterocycles. The van der Waals surface area contributed by atoms with E-state index in [4.69, 9.17) is 9.47 Å². The summed E-state index contributed by atoms with van der Waals surface area (Å²) in [6, 6.07) is 25.1. The lowest BCUT2D eigenvalue weighted by molar-refractivity contribution is -0.141. The molecule has 0 saturated heterocycles. The number of amides is 2. The number of benzene rings is 3. The van der Waals surface area contributed by atoms with E-state index in [2.05, 4.69) is 5.32 Å². The summed E-state index contributed by atoms with van der Waals surface area (Å²) >= 11 is 0. The maximum absolute atomic E-state index is 13.8. The minimum Gasteiger partial charge on any atom is -0.497 e. The van der Waals surface area contributed by atoms with Crippen LogP contribution in [0.1, 0.15) is 55.2 Å². The van der Waals surface area contributed by atoms with Crippen molar-refractivity contribution in [2.45, 2.75) is 70.5 Å². The molecule has 1 aliphatic carbocycles. The van der Waals surface area contributed by atoms with Crippen LogP contribution in [0.15, 0.2) is 78.9 Å². The smallest absolute Gasteiger partial charge is 0.243 e. The quantitative estimate of drug-likeness (QED) is 0.282. The Kier molecular flexibility index (Phi) is 10.4. The van der Waals surface area contributed by atoms with Crippen molar-refractivity contribution in [3.63, 3.8) is 0 Å². The number of hydrogen-bond donors (Lipinski definition) is 1. The van der Waals surface area contributed by atoms with Crippen LogP contribution in [0, 0.1) is 6.92 Å². The minimum atomic E-state index is -0.593. The predicted octanol–water partition coefficient (Wildman–Crippen LogP) is 5.86. The first-order valence-corrected chi connectivity index (χ1v) is 14.0. The maximum Gasteiger partial charge on any atom is 0.243 e. The zero-order valence-corrected chi connectivity index (χ0v) is 23.1. The summed E-state index contributed by atoms with van der Waals surface area (Å²) in [6.45, 7) is 2.84. The van der Waals surface area contributed by atoms with Gasteiger partial charge in [0.25, 0.3) is 0 Å². The zero-order valence-electron chi connectivity index (χ0n) is 23.1. The topological polar surface area (TPSA) is 67.9 Å². The third-order valence-electron chi connectivity index (χ3n) is 7.31. The molecule has 3 aromatic carbocycles. The second-order valence-corrected chi connectivity index (χ2v) is 10.3. The van der Waals surface area contributed by atoms with Gasteiger partial charge in [-0.15, -0.1) is 0 Å². The Bertz CT molecular complexity index is 1170. The van der Waals surface area contributed by atoms with Gasteiger partial charge in [0.2, 0.25) is 11.8 Å². The molecule has 0 unspecified atom stereocenters. The van der Waals surface area contributed by atoms with Gasteiger partial charge in [-0.1, -0.05) is 73.0 Å². The molecule has 0 aromatic heterocycles. The molecular formula is C33H40N2O4. The first-order chi connectivity index (χ1) is 19.0. The summed E-state index contributed by atoms with van der Waals surface area (Å²) in [5.41, 5.74) is 3.20. The third kappa shape index (κ3) is 8.60. The van der Waals surface area contributed by atoms with Gasteiger partial charge >= 0.3 is 0 Å². The van der Waals surface area contributed by atoms with Crippen molar-refractivity contribution >= 4 is 11.8 Å². The zero-order chi connectivity index (χ0) is 27.5. The van der Waals surface area contributed by atoms with E-state index in [0.29, 0.717) is 32.4 Å². The molecule has 1 atom stereocenters. The van der Waals surface area contributed by atoms with E-state index in [-0.39, 0.29) is 17.9 Å². The van der Waals surface area contributed by atoms with Gasteiger partial charge in [-0.05, 0) is 61.6 Å². The molecule has 0 spiro atoms. The standard InChI is InChI=1S/C33H40N2O4/c1-25-14-16-27(17-15-25)24-35(32(36)13-8-22-39-30-20-18-29(38-2)19-21-30)31(23-26-9-4-3-5-10-26)33(37)34-28-11-6-7-12-28/h3-5,9-10,14-21,28,31H,6-8,11-13,22-24H2,1-2H3,(H,34,37)/t31-/m0/s1. The van der Waals surface area contributed by atoms with E-state index in [1.54, 1.807) is 12.0 Å². The lowest BCUT2D eigenvalue weighted by atomic mass is 10.0. The van der Waals surface area contributed by atoms with Gasteiger partial charge in [-0.25, -0.2) is 0 Å². The molecule has 1 saturated carbocycles. The fraction of sp³-hybridized carbons (Fsp3) is 0.394. The Hall–Kier alpha value is -3.80. The number of ether oxygens (including phenoxy) is 2.